The van der Waals surface area contributed by atoms with E-state index < -0.39 is 5.69 Å². The van der Waals surface area contributed by atoms with Gasteiger partial charge in [0.1, 0.15) is 5.82 Å². The van der Waals surface area contributed by atoms with Crippen molar-refractivity contribution in [2.75, 3.05) is 44.6 Å². The van der Waals surface area contributed by atoms with Crippen molar-refractivity contribution < 1.29 is 4.79 Å². The molecule has 4 N–H and O–H groups in total. The van der Waals surface area contributed by atoms with E-state index >= 15 is 0 Å². The lowest BCUT2D eigenvalue weighted by molar-refractivity contribution is 0.197. The number of hydrogen-bond acceptors (Lipinski definition) is 6. The molecule has 0 radical (unpaired) electrons. The summed E-state index contributed by atoms with van der Waals surface area (Å²) in [4.78, 5) is 33.5. The summed E-state index contributed by atoms with van der Waals surface area (Å²) in [7, 11) is 0. The van der Waals surface area contributed by atoms with Gasteiger partial charge in [-0.05, 0) is 60.4 Å². The average Bonchev–Trinajstić information content (AvgIpc) is 3.23. The Hall–Kier alpha value is -2.75. The molecule has 2 amide bonds. The first-order chi connectivity index (χ1) is 16.1. The van der Waals surface area contributed by atoms with Crippen LogP contribution >= 0.6 is 0 Å². The number of rotatable bonds is 3. The number of carbonyl (C=O) groups excluding carboxylic acids is 1. The number of nitrogens with one attached hydrogen (secondary N) is 2. The molecule has 4 atom stereocenters. The van der Waals surface area contributed by atoms with E-state index in [1.54, 1.807) is 21.7 Å². The molecule has 3 fully saturated rings. The van der Waals surface area contributed by atoms with Crippen LogP contribution in [0.5, 0.6) is 0 Å². The smallest absolute Gasteiger partial charge is 0.327 e. The van der Waals surface area contributed by atoms with Crippen molar-refractivity contribution in [1.82, 2.24) is 24.7 Å². The molecule has 4 aliphatic rings. The Morgan fingerprint density at radius 3 is 2.67 bits per heavy atom. The first-order valence-corrected chi connectivity index (χ1v) is 12.0. The number of aryl methyl sites for hydroxylation is 1. The Morgan fingerprint density at radius 2 is 1.91 bits per heavy atom. The van der Waals surface area contributed by atoms with Gasteiger partial charge in [0.05, 0.1) is 5.69 Å². The minimum atomic E-state index is -0.394. The standard InChI is InChI=1S/C24H31N7O2/c25-22-19-13-30(14-20(19)22)17-3-1-16-12-18(4-2-15(16)11-17)31-8-5-21(28-24(31)33)27-23(32)29-9-6-26-7-10-29/h2,4-5,8,12,17,19-20,22,26H,1,3,6-7,9-11,13-14,25H2,(H,27,28,32,33)/t17?,19-,20+,22+. The minimum Gasteiger partial charge on any atom is -0.327 e. The van der Waals surface area contributed by atoms with Gasteiger partial charge in [-0.25, -0.2) is 9.59 Å². The van der Waals surface area contributed by atoms with Gasteiger partial charge in [0, 0.05) is 57.5 Å². The van der Waals surface area contributed by atoms with Crippen LogP contribution in [0, 0.1) is 11.8 Å². The molecule has 0 bridgehead atoms. The molecule has 3 heterocycles. The number of anilines is 1. The SMILES string of the molecule is N[C@@H]1[C@H]2CN(C3CCc4cc(-n5ccc(NC(=O)N6CCNCC6)nc5=O)ccc4C3)C[C@@H]12. The van der Waals surface area contributed by atoms with Crippen molar-refractivity contribution in [2.45, 2.75) is 31.3 Å². The van der Waals surface area contributed by atoms with Crippen LogP contribution in [0.2, 0.25) is 0 Å². The van der Waals surface area contributed by atoms with E-state index in [2.05, 4.69) is 32.7 Å². The van der Waals surface area contributed by atoms with Gasteiger partial charge in [0.2, 0.25) is 0 Å². The molecule has 1 aromatic carbocycles. The van der Waals surface area contributed by atoms with Crippen LogP contribution in [0.1, 0.15) is 17.5 Å². The number of fused-ring (bicyclic) bond motifs is 2. The molecular weight excluding hydrogens is 418 g/mol. The molecule has 2 aliphatic carbocycles. The number of benzene rings is 1. The number of hydrogen-bond donors (Lipinski definition) is 3. The highest BCUT2D eigenvalue weighted by Gasteiger charge is 2.54. The molecule has 1 saturated carbocycles. The normalized spacial score (nSPS) is 28.8. The molecule has 2 saturated heterocycles. The Bertz CT molecular complexity index is 1110. The van der Waals surface area contributed by atoms with E-state index in [0.717, 1.165) is 63.0 Å². The Labute approximate surface area is 193 Å². The fourth-order valence-electron chi connectivity index (χ4n) is 5.81. The lowest BCUT2D eigenvalue weighted by Crippen LogP contribution is -2.48. The summed E-state index contributed by atoms with van der Waals surface area (Å²) < 4.78 is 1.54. The summed E-state index contributed by atoms with van der Waals surface area (Å²) in [5.41, 5.74) is 9.22. The molecule has 174 valence electrons. The minimum absolute atomic E-state index is 0.221. The summed E-state index contributed by atoms with van der Waals surface area (Å²) in [6.45, 7) is 5.14. The number of aromatic nitrogens is 2. The maximum Gasteiger partial charge on any atom is 0.354 e. The molecule has 9 nitrogen and oxygen atoms in total. The number of likely N-dealkylation sites (tertiary alicyclic amines) is 1. The number of carbonyl (C=O) groups is 1. The topological polar surface area (TPSA) is 109 Å². The highest BCUT2D eigenvalue weighted by atomic mass is 16.2. The zero-order valence-electron chi connectivity index (χ0n) is 18.7. The quantitative estimate of drug-likeness (QED) is 0.627. The predicted molar refractivity (Wildman–Crippen MR) is 126 cm³/mol. The second kappa shape index (κ2) is 8.23. The molecule has 9 heteroatoms. The van der Waals surface area contributed by atoms with Gasteiger partial charge in [-0.2, -0.15) is 4.98 Å². The van der Waals surface area contributed by atoms with Gasteiger partial charge in [-0.1, -0.05) is 6.07 Å². The number of amides is 2. The summed E-state index contributed by atoms with van der Waals surface area (Å²) in [6, 6.07) is 8.78. The number of urea groups is 1. The van der Waals surface area contributed by atoms with Crippen molar-refractivity contribution in [1.29, 1.82) is 0 Å². The molecule has 2 aliphatic heterocycles. The summed E-state index contributed by atoms with van der Waals surface area (Å²) >= 11 is 0. The van der Waals surface area contributed by atoms with E-state index in [1.807, 2.05) is 6.07 Å². The molecule has 0 spiro atoms. The van der Waals surface area contributed by atoms with Crippen molar-refractivity contribution in [3.63, 3.8) is 0 Å². The molecule has 1 unspecified atom stereocenters. The third-order valence-corrected chi connectivity index (χ3v) is 7.92. The number of piperidine rings is 1. The van der Waals surface area contributed by atoms with E-state index in [0.29, 0.717) is 25.2 Å². The lowest BCUT2D eigenvalue weighted by Gasteiger charge is -2.34. The van der Waals surface area contributed by atoms with Gasteiger partial charge in [0.25, 0.3) is 0 Å². The first-order valence-electron chi connectivity index (χ1n) is 12.0. The highest BCUT2D eigenvalue weighted by Crippen LogP contribution is 2.45. The Kier molecular flexibility index (Phi) is 5.20. The van der Waals surface area contributed by atoms with E-state index in [1.165, 1.54) is 11.1 Å². The third-order valence-electron chi connectivity index (χ3n) is 7.92. The Morgan fingerprint density at radius 1 is 1.12 bits per heavy atom. The maximum atomic E-state index is 12.7. The van der Waals surface area contributed by atoms with Crippen molar-refractivity contribution >= 4 is 11.8 Å². The highest BCUT2D eigenvalue weighted by molar-refractivity contribution is 5.88. The van der Waals surface area contributed by atoms with Gasteiger partial charge in [-0.3, -0.25) is 14.8 Å². The second-order valence-corrected chi connectivity index (χ2v) is 9.84. The second-order valence-electron chi connectivity index (χ2n) is 9.84. The van der Waals surface area contributed by atoms with E-state index in [4.69, 9.17) is 5.73 Å². The predicted octanol–water partition coefficient (Wildman–Crippen LogP) is 0.416. The monoisotopic (exact) mass is 449 g/mol. The van der Waals surface area contributed by atoms with Gasteiger partial charge in [0.15, 0.2) is 0 Å². The number of piperazine rings is 1. The van der Waals surface area contributed by atoms with Gasteiger partial charge >= 0.3 is 11.7 Å². The summed E-state index contributed by atoms with van der Waals surface area (Å²) in [5.74, 6) is 1.72. The molecule has 1 aromatic heterocycles. The zero-order chi connectivity index (χ0) is 22.5. The third kappa shape index (κ3) is 3.94. The summed E-state index contributed by atoms with van der Waals surface area (Å²) in [6.07, 6.45) is 4.92. The fourth-order valence-corrected chi connectivity index (χ4v) is 5.81. The maximum absolute atomic E-state index is 12.7. The van der Waals surface area contributed by atoms with Gasteiger partial charge < -0.3 is 16.0 Å². The van der Waals surface area contributed by atoms with E-state index in [-0.39, 0.29) is 11.8 Å². The van der Waals surface area contributed by atoms with Gasteiger partial charge in [-0.15, -0.1) is 0 Å². The molecular formula is C24H31N7O2. The number of nitrogens with zero attached hydrogens (tertiary/aromatic N) is 4. The van der Waals surface area contributed by atoms with Crippen LogP contribution in [0.25, 0.3) is 5.69 Å². The van der Waals surface area contributed by atoms with Crippen LogP contribution in [0.15, 0.2) is 35.3 Å². The number of nitrogens with two attached hydrogens (primary N) is 1. The lowest BCUT2D eigenvalue weighted by atomic mass is 9.87. The van der Waals surface area contributed by atoms with Crippen LogP contribution < -0.4 is 22.1 Å². The van der Waals surface area contributed by atoms with E-state index in [9.17, 15) is 9.59 Å². The van der Waals surface area contributed by atoms with Crippen LogP contribution in [0.4, 0.5) is 10.6 Å². The molecule has 2 aromatic rings. The largest absolute Gasteiger partial charge is 0.354 e. The molecule has 33 heavy (non-hydrogen) atoms. The van der Waals surface area contributed by atoms with Crippen molar-refractivity contribution in [2.24, 2.45) is 17.6 Å². The van der Waals surface area contributed by atoms with Crippen molar-refractivity contribution in [3.8, 4) is 5.69 Å². The van der Waals surface area contributed by atoms with Crippen molar-refractivity contribution in [3.05, 3.63) is 52.1 Å². The Balaban J connectivity index is 1.13. The fraction of sp³-hybridized carbons (Fsp3) is 0.542. The average molecular weight is 450 g/mol. The van der Waals surface area contributed by atoms with Crippen LogP contribution in [-0.2, 0) is 12.8 Å². The van der Waals surface area contributed by atoms with Crippen LogP contribution in [-0.4, -0.2) is 76.7 Å². The first kappa shape index (κ1) is 20.8. The molecule has 6 rings (SSSR count). The zero-order valence-corrected chi connectivity index (χ0v) is 18.7. The van der Waals surface area contributed by atoms with Crippen LogP contribution in [0.3, 0.4) is 0 Å². The summed E-state index contributed by atoms with van der Waals surface area (Å²) in [5, 5.41) is 5.96.